The first kappa shape index (κ1) is 22.2. The lowest BCUT2D eigenvalue weighted by Crippen LogP contribution is -2.21. The zero-order valence-corrected chi connectivity index (χ0v) is 19.2. The second-order valence-corrected chi connectivity index (χ2v) is 8.12. The fraction of sp³-hybridized carbons (Fsp3) is 0.0769. The van der Waals surface area contributed by atoms with Crippen LogP contribution in [0, 0.1) is 11.3 Å². The summed E-state index contributed by atoms with van der Waals surface area (Å²) in [6, 6.07) is 22.1. The molecular weight excluding hydrogens is 484 g/mol. The summed E-state index contributed by atoms with van der Waals surface area (Å²) >= 11 is 3.47. The zero-order chi connectivity index (χ0) is 23.4. The molecule has 1 aliphatic rings. The summed E-state index contributed by atoms with van der Waals surface area (Å²) in [6.45, 7) is 0. The third kappa shape index (κ3) is 4.92. The zero-order valence-electron chi connectivity index (χ0n) is 17.6. The number of allylic oxidation sites excluding steroid dienone is 1. The standard InChI is InChI=1S/C26H19BrN2O4/c1-31-19-8-5-16(6-9-19)7-12-24(30)32-20-10-11-21-23(14-20)33-26(29)22(15-28)25(21)17-3-2-4-18(27)13-17/h2-14,25H,29H2,1H3/b12-7+. The molecule has 0 bridgehead atoms. The van der Waals surface area contributed by atoms with E-state index >= 15 is 0 Å². The van der Waals surface area contributed by atoms with Crippen molar-refractivity contribution >= 4 is 28.0 Å². The maximum absolute atomic E-state index is 12.3. The topological polar surface area (TPSA) is 94.6 Å². The van der Waals surface area contributed by atoms with E-state index in [0.29, 0.717) is 17.1 Å². The summed E-state index contributed by atoms with van der Waals surface area (Å²) in [7, 11) is 1.59. The first-order chi connectivity index (χ1) is 16.0. The molecule has 0 saturated carbocycles. The first-order valence-corrected chi connectivity index (χ1v) is 10.8. The Morgan fingerprint density at radius 1 is 1.12 bits per heavy atom. The lowest BCUT2D eigenvalue weighted by atomic mass is 9.83. The number of carbonyl (C=O) groups is 1. The minimum absolute atomic E-state index is 0.0258. The Balaban J connectivity index is 1.57. The number of fused-ring (bicyclic) bond motifs is 1. The number of nitrogens with two attached hydrogens (primary N) is 1. The molecule has 0 spiro atoms. The maximum Gasteiger partial charge on any atom is 0.336 e. The highest BCUT2D eigenvalue weighted by molar-refractivity contribution is 9.10. The number of hydrogen-bond acceptors (Lipinski definition) is 6. The number of benzene rings is 3. The molecule has 3 aromatic rings. The molecule has 2 N–H and O–H groups in total. The number of ether oxygens (including phenoxy) is 3. The average molecular weight is 503 g/mol. The van der Waals surface area contributed by atoms with Crippen LogP contribution in [0.3, 0.4) is 0 Å². The van der Waals surface area contributed by atoms with Crippen molar-refractivity contribution in [2.24, 2.45) is 5.73 Å². The second-order valence-electron chi connectivity index (χ2n) is 7.21. The van der Waals surface area contributed by atoms with Crippen LogP contribution in [-0.4, -0.2) is 13.1 Å². The number of esters is 1. The highest BCUT2D eigenvalue weighted by Crippen LogP contribution is 2.43. The van der Waals surface area contributed by atoms with Crippen molar-refractivity contribution in [3.05, 3.63) is 105 Å². The Morgan fingerprint density at radius 2 is 1.88 bits per heavy atom. The molecule has 1 unspecified atom stereocenters. The fourth-order valence-electron chi connectivity index (χ4n) is 3.56. The number of nitriles is 1. The molecule has 164 valence electrons. The summed E-state index contributed by atoms with van der Waals surface area (Å²) in [5, 5.41) is 9.68. The highest BCUT2D eigenvalue weighted by atomic mass is 79.9. The Labute approximate surface area is 199 Å². The van der Waals surface area contributed by atoms with E-state index in [0.717, 1.165) is 26.9 Å². The largest absolute Gasteiger partial charge is 0.497 e. The van der Waals surface area contributed by atoms with Gasteiger partial charge in [-0.05, 0) is 47.5 Å². The number of nitrogens with zero attached hydrogens (tertiary/aromatic N) is 1. The number of rotatable bonds is 5. The number of hydrogen-bond donors (Lipinski definition) is 1. The number of carbonyl (C=O) groups excluding carboxylic acids is 1. The SMILES string of the molecule is COc1ccc(/C=C/C(=O)Oc2ccc3c(c2)OC(N)=C(C#N)C3c2cccc(Br)c2)cc1. The molecule has 7 heteroatoms. The summed E-state index contributed by atoms with van der Waals surface area (Å²) < 4.78 is 17.1. The van der Waals surface area contributed by atoms with Crippen molar-refractivity contribution in [3.8, 4) is 23.3 Å². The van der Waals surface area contributed by atoms with Crippen molar-refractivity contribution in [2.75, 3.05) is 7.11 Å². The summed E-state index contributed by atoms with van der Waals surface area (Å²) in [5.74, 6) is 0.568. The third-order valence-corrected chi connectivity index (χ3v) is 5.61. The Hall–Kier alpha value is -4.02. The molecule has 1 atom stereocenters. The summed E-state index contributed by atoms with van der Waals surface area (Å²) in [5.41, 5.74) is 8.86. The van der Waals surface area contributed by atoms with Gasteiger partial charge in [-0.15, -0.1) is 0 Å². The third-order valence-electron chi connectivity index (χ3n) is 5.12. The van der Waals surface area contributed by atoms with E-state index in [9.17, 15) is 10.1 Å². The molecule has 0 aliphatic carbocycles. The van der Waals surface area contributed by atoms with Gasteiger partial charge in [0.1, 0.15) is 28.9 Å². The van der Waals surface area contributed by atoms with Crippen molar-refractivity contribution in [2.45, 2.75) is 5.92 Å². The van der Waals surface area contributed by atoms with Gasteiger partial charge in [-0.3, -0.25) is 0 Å². The van der Waals surface area contributed by atoms with Gasteiger partial charge in [-0.25, -0.2) is 4.79 Å². The van der Waals surface area contributed by atoms with Crippen LogP contribution in [0.1, 0.15) is 22.6 Å². The van der Waals surface area contributed by atoms with Crippen LogP contribution in [0.15, 0.2) is 88.7 Å². The van der Waals surface area contributed by atoms with E-state index in [4.69, 9.17) is 19.9 Å². The molecule has 0 radical (unpaired) electrons. The number of methoxy groups -OCH3 is 1. The van der Waals surface area contributed by atoms with E-state index < -0.39 is 11.9 Å². The highest BCUT2D eigenvalue weighted by Gasteiger charge is 2.31. The van der Waals surface area contributed by atoms with Crippen molar-refractivity contribution in [1.82, 2.24) is 0 Å². The Morgan fingerprint density at radius 3 is 2.58 bits per heavy atom. The van der Waals surface area contributed by atoms with Gasteiger partial charge in [0, 0.05) is 22.2 Å². The predicted molar refractivity (Wildman–Crippen MR) is 128 cm³/mol. The van der Waals surface area contributed by atoms with Crippen LogP contribution in [0.4, 0.5) is 0 Å². The van der Waals surface area contributed by atoms with Gasteiger partial charge < -0.3 is 19.9 Å². The van der Waals surface area contributed by atoms with E-state index in [1.807, 2.05) is 36.4 Å². The predicted octanol–water partition coefficient (Wildman–Crippen LogP) is 5.29. The molecule has 1 heterocycles. The van der Waals surface area contributed by atoms with Gasteiger partial charge in [0.25, 0.3) is 0 Å². The first-order valence-electron chi connectivity index (χ1n) is 9.99. The van der Waals surface area contributed by atoms with Gasteiger partial charge in [0.05, 0.1) is 13.0 Å². The molecule has 4 rings (SSSR count). The van der Waals surface area contributed by atoms with Crippen molar-refractivity contribution < 1.29 is 19.0 Å². The smallest absolute Gasteiger partial charge is 0.336 e. The van der Waals surface area contributed by atoms with Gasteiger partial charge in [-0.1, -0.05) is 46.3 Å². The molecular formula is C26H19BrN2O4. The van der Waals surface area contributed by atoms with Gasteiger partial charge in [0.15, 0.2) is 0 Å². The van der Waals surface area contributed by atoms with Crippen molar-refractivity contribution in [3.63, 3.8) is 0 Å². The molecule has 0 saturated heterocycles. The van der Waals surface area contributed by atoms with Crippen LogP contribution in [0.5, 0.6) is 17.2 Å². The second kappa shape index (κ2) is 9.63. The van der Waals surface area contributed by atoms with Crippen LogP contribution < -0.4 is 19.9 Å². The minimum Gasteiger partial charge on any atom is -0.497 e. The molecule has 6 nitrogen and oxygen atoms in total. The normalized spacial score (nSPS) is 14.9. The molecule has 0 fully saturated rings. The van der Waals surface area contributed by atoms with Crippen molar-refractivity contribution in [1.29, 1.82) is 5.26 Å². The molecule has 33 heavy (non-hydrogen) atoms. The van der Waals surface area contributed by atoms with Gasteiger partial charge in [-0.2, -0.15) is 5.26 Å². The maximum atomic E-state index is 12.3. The van der Waals surface area contributed by atoms with Gasteiger partial charge >= 0.3 is 5.97 Å². The minimum atomic E-state index is -0.536. The Bertz CT molecular complexity index is 1310. The van der Waals surface area contributed by atoms with E-state index in [-0.39, 0.29) is 5.88 Å². The lowest BCUT2D eigenvalue weighted by Gasteiger charge is -2.26. The lowest BCUT2D eigenvalue weighted by molar-refractivity contribution is -0.128. The van der Waals surface area contributed by atoms with E-state index in [1.165, 1.54) is 6.08 Å². The van der Waals surface area contributed by atoms with E-state index in [1.54, 1.807) is 43.5 Å². The monoisotopic (exact) mass is 502 g/mol. The molecule has 1 aliphatic heterocycles. The Kier molecular flexibility index (Phi) is 6.48. The van der Waals surface area contributed by atoms with Crippen LogP contribution >= 0.6 is 15.9 Å². The van der Waals surface area contributed by atoms with Crippen LogP contribution in [0.2, 0.25) is 0 Å². The summed E-state index contributed by atoms with van der Waals surface area (Å²) in [4.78, 5) is 12.3. The fourth-order valence-corrected chi connectivity index (χ4v) is 3.97. The average Bonchev–Trinajstić information content (AvgIpc) is 2.82. The number of halogens is 1. The quantitative estimate of drug-likeness (QED) is 0.289. The van der Waals surface area contributed by atoms with Crippen LogP contribution in [0.25, 0.3) is 6.08 Å². The molecule has 0 aromatic heterocycles. The molecule has 0 amide bonds. The van der Waals surface area contributed by atoms with Gasteiger partial charge in [0.2, 0.25) is 5.88 Å². The summed E-state index contributed by atoms with van der Waals surface area (Å²) in [6.07, 6.45) is 2.99. The van der Waals surface area contributed by atoms with E-state index in [2.05, 4.69) is 22.0 Å². The molecule has 3 aromatic carbocycles. The van der Waals surface area contributed by atoms with Crippen LogP contribution in [-0.2, 0) is 4.79 Å².